The minimum absolute atomic E-state index is 0.601. The molecule has 0 atom stereocenters. The van der Waals surface area contributed by atoms with Crippen LogP contribution in [0.2, 0.25) is 5.02 Å². The van der Waals surface area contributed by atoms with Crippen LogP contribution in [0.5, 0.6) is 0 Å². The molecule has 3 rings (SSSR count). The monoisotopic (exact) mass is 413 g/mol. The highest BCUT2D eigenvalue weighted by Crippen LogP contribution is 2.34. The average Bonchev–Trinajstić information content (AvgIpc) is 2.68. The summed E-state index contributed by atoms with van der Waals surface area (Å²) in [5.74, 6) is 0.601. The molecule has 2 N–H and O–H groups in total. The zero-order chi connectivity index (χ0) is 14.4. The summed E-state index contributed by atoms with van der Waals surface area (Å²) in [5, 5.41) is 0.668. The van der Waals surface area contributed by atoms with Crippen LogP contribution in [0.1, 0.15) is 5.56 Å². The number of nitrogens with two attached hydrogens (primary N) is 1. The van der Waals surface area contributed by atoms with Gasteiger partial charge < -0.3 is 5.73 Å². The summed E-state index contributed by atoms with van der Waals surface area (Å²) >= 11 is 13.0. The smallest absolute Gasteiger partial charge is 0.139 e. The number of hydrogen-bond donors (Lipinski definition) is 1. The van der Waals surface area contributed by atoms with Gasteiger partial charge in [-0.3, -0.25) is 4.40 Å². The van der Waals surface area contributed by atoms with Gasteiger partial charge in [-0.05, 0) is 46.6 Å². The Kier molecular flexibility index (Phi) is 3.52. The summed E-state index contributed by atoms with van der Waals surface area (Å²) in [6, 6.07) is 7.56. The van der Waals surface area contributed by atoms with Crippen molar-refractivity contribution >= 4 is 54.9 Å². The van der Waals surface area contributed by atoms with E-state index in [4.69, 9.17) is 17.3 Å². The first-order valence-electron chi connectivity index (χ1n) is 5.86. The number of nitrogen functional groups attached to an aromatic ring is 1. The van der Waals surface area contributed by atoms with E-state index in [0.717, 1.165) is 31.4 Å². The summed E-state index contributed by atoms with van der Waals surface area (Å²) in [7, 11) is 0. The maximum Gasteiger partial charge on any atom is 0.139 e. The first-order chi connectivity index (χ1) is 9.47. The van der Waals surface area contributed by atoms with Gasteiger partial charge in [-0.15, -0.1) is 0 Å². The van der Waals surface area contributed by atoms with Gasteiger partial charge >= 0.3 is 0 Å². The first kappa shape index (κ1) is 13.9. The molecule has 0 radical (unpaired) electrons. The van der Waals surface area contributed by atoms with Gasteiger partial charge in [0.2, 0.25) is 0 Å². The van der Waals surface area contributed by atoms with E-state index in [-0.39, 0.29) is 0 Å². The van der Waals surface area contributed by atoms with Crippen LogP contribution in [0.3, 0.4) is 0 Å². The summed E-state index contributed by atoms with van der Waals surface area (Å²) in [6.45, 7) is 2.02. The zero-order valence-corrected chi connectivity index (χ0v) is 14.4. The fourth-order valence-corrected chi connectivity index (χ4v) is 3.25. The molecule has 0 fully saturated rings. The van der Waals surface area contributed by atoms with E-state index < -0.39 is 0 Å². The van der Waals surface area contributed by atoms with Crippen molar-refractivity contribution in [3.63, 3.8) is 0 Å². The molecule has 102 valence electrons. The van der Waals surface area contributed by atoms with Crippen molar-refractivity contribution in [3.8, 4) is 11.3 Å². The minimum atomic E-state index is 0.601. The van der Waals surface area contributed by atoms with Gasteiger partial charge in [-0.1, -0.05) is 33.6 Å². The molecule has 0 aliphatic carbocycles. The highest BCUT2D eigenvalue weighted by Gasteiger charge is 2.15. The van der Waals surface area contributed by atoms with Crippen molar-refractivity contribution in [2.24, 2.45) is 0 Å². The normalized spacial score (nSPS) is 11.2. The van der Waals surface area contributed by atoms with E-state index in [1.807, 2.05) is 41.8 Å². The Hall–Kier alpha value is -1.04. The second-order valence-electron chi connectivity index (χ2n) is 4.50. The number of benzene rings is 1. The Morgan fingerprint density at radius 3 is 2.65 bits per heavy atom. The van der Waals surface area contributed by atoms with E-state index in [1.54, 1.807) is 0 Å². The topological polar surface area (TPSA) is 43.3 Å². The van der Waals surface area contributed by atoms with Crippen LogP contribution < -0.4 is 5.73 Å². The molecule has 3 nitrogen and oxygen atoms in total. The molecule has 0 amide bonds. The molecule has 1 aromatic carbocycles. The Morgan fingerprint density at radius 1 is 1.20 bits per heavy atom. The molecule has 6 heteroatoms. The SMILES string of the molecule is Cc1cc2nc(-c3ccc(Cl)cc3Br)c(N)n2cc1Br. The van der Waals surface area contributed by atoms with E-state index in [1.165, 1.54) is 0 Å². The number of aromatic nitrogens is 2. The fourth-order valence-electron chi connectivity index (χ4n) is 2.06. The molecule has 0 saturated carbocycles. The summed E-state index contributed by atoms with van der Waals surface area (Å²) in [5.41, 5.74) is 9.82. The second kappa shape index (κ2) is 5.06. The lowest BCUT2D eigenvalue weighted by atomic mass is 10.1. The minimum Gasteiger partial charge on any atom is -0.383 e. The predicted molar refractivity (Wildman–Crippen MR) is 90.2 cm³/mol. The third-order valence-electron chi connectivity index (χ3n) is 3.13. The molecular formula is C14H10Br2ClN3. The predicted octanol–water partition coefficient (Wildman–Crippen LogP) is 5.07. The number of pyridine rings is 1. The van der Waals surface area contributed by atoms with Crippen LogP contribution in [0.15, 0.2) is 39.4 Å². The lowest BCUT2D eigenvalue weighted by Crippen LogP contribution is -1.95. The van der Waals surface area contributed by atoms with Crippen LogP contribution in [0, 0.1) is 6.92 Å². The molecule has 0 saturated heterocycles. The van der Waals surface area contributed by atoms with Crippen LogP contribution in [-0.4, -0.2) is 9.38 Å². The maximum absolute atomic E-state index is 6.22. The van der Waals surface area contributed by atoms with Gasteiger partial charge in [0.25, 0.3) is 0 Å². The van der Waals surface area contributed by atoms with Gasteiger partial charge in [0.1, 0.15) is 17.2 Å². The highest BCUT2D eigenvalue weighted by molar-refractivity contribution is 9.10. The van der Waals surface area contributed by atoms with Gasteiger partial charge in [0.15, 0.2) is 0 Å². The number of anilines is 1. The lowest BCUT2D eigenvalue weighted by molar-refractivity contribution is 1.16. The number of nitrogens with zero attached hydrogens (tertiary/aromatic N) is 2. The Morgan fingerprint density at radius 2 is 1.95 bits per heavy atom. The van der Waals surface area contributed by atoms with Crippen molar-refractivity contribution in [1.29, 1.82) is 0 Å². The number of fused-ring (bicyclic) bond motifs is 1. The average molecular weight is 416 g/mol. The molecule has 0 unspecified atom stereocenters. The van der Waals surface area contributed by atoms with Crippen molar-refractivity contribution in [2.75, 3.05) is 5.73 Å². The molecule has 20 heavy (non-hydrogen) atoms. The van der Waals surface area contributed by atoms with Crippen LogP contribution in [-0.2, 0) is 0 Å². The van der Waals surface area contributed by atoms with Crippen LogP contribution in [0.25, 0.3) is 16.9 Å². The largest absolute Gasteiger partial charge is 0.383 e. The molecule has 0 aliphatic heterocycles. The zero-order valence-electron chi connectivity index (χ0n) is 10.5. The van der Waals surface area contributed by atoms with Crippen molar-refractivity contribution in [2.45, 2.75) is 6.92 Å². The van der Waals surface area contributed by atoms with Crippen LogP contribution in [0.4, 0.5) is 5.82 Å². The molecular weight excluding hydrogens is 405 g/mol. The molecule has 0 spiro atoms. The van der Waals surface area contributed by atoms with Gasteiger partial charge in [0.05, 0.1) is 0 Å². The number of imidazole rings is 1. The quantitative estimate of drug-likeness (QED) is 0.603. The molecule has 3 aromatic rings. The Balaban J connectivity index is 2.29. The van der Waals surface area contributed by atoms with Gasteiger partial charge in [-0.2, -0.15) is 0 Å². The van der Waals surface area contributed by atoms with Gasteiger partial charge in [-0.25, -0.2) is 4.98 Å². The van der Waals surface area contributed by atoms with Crippen LogP contribution >= 0.6 is 43.5 Å². The van der Waals surface area contributed by atoms with E-state index in [2.05, 4.69) is 36.8 Å². The summed E-state index contributed by atoms with van der Waals surface area (Å²) in [4.78, 5) is 4.62. The third-order valence-corrected chi connectivity index (χ3v) is 4.85. The van der Waals surface area contributed by atoms with Crippen molar-refractivity contribution in [1.82, 2.24) is 9.38 Å². The number of halogens is 3. The van der Waals surface area contributed by atoms with E-state index in [9.17, 15) is 0 Å². The lowest BCUT2D eigenvalue weighted by Gasteiger charge is -2.03. The number of rotatable bonds is 1. The number of hydrogen-bond acceptors (Lipinski definition) is 2. The Bertz CT molecular complexity index is 827. The summed E-state index contributed by atoms with van der Waals surface area (Å²) < 4.78 is 3.74. The third kappa shape index (κ3) is 2.24. The molecule has 2 aromatic heterocycles. The van der Waals surface area contributed by atoms with E-state index >= 15 is 0 Å². The Labute approximate surface area is 138 Å². The summed E-state index contributed by atoms with van der Waals surface area (Å²) in [6.07, 6.45) is 1.93. The second-order valence-corrected chi connectivity index (χ2v) is 6.65. The molecule has 0 aliphatic rings. The number of aryl methyl sites for hydroxylation is 1. The van der Waals surface area contributed by atoms with Crippen molar-refractivity contribution in [3.05, 3.63) is 50.0 Å². The molecule has 0 bridgehead atoms. The maximum atomic E-state index is 6.22. The fraction of sp³-hybridized carbons (Fsp3) is 0.0714. The first-order valence-corrected chi connectivity index (χ1v) is 7.83. The van der Waals surface area contributed by atoms with Crippen molar-refractivity contribution < 1.29 is 0 Å². The van der Waals surface area contributed by atoms with Gasteiger partial charge in [0, 0.05) is 25.7 Å². The molecule has 2 heterocycles. The standard InChI is InChI=1S/C14H10Br2ClN3/c1-7-4-12-19-13(14(18)20(12)6-11(7)16)9-3-2-8(17)5-10(9)15/h2-6H,18H2,1H3. The highest BCUT2D eigenvalue weighted by atomic mass is 79.9. The van der Waals surface area contributed by atoms with E-state index in [0.29, 0.717) is 10.8 Å².